The highest BCUT2D eigenvalue weighted by Crippen LogP contribution is 2.31. The second-order valence-corrected chi connectivity index (χ2v) is 6.99. The third kappa shape index (κ3) is 3.69. The van der Waals surface area contributed by atoms with Crippen LogP contribution in [0.5, 0.6) is 0 Å². The first kappa shape index (κ1) is 17.9. The number of urea groups is 1. The smallest absolute Gasteiger partial charge is 0.323 e. The van der Waals surface area contributed by atoms with Crippen LogP contribution in [-0.4, -0.2) is 23.1 Å². The number of rotatable bonds is 4. The van der Waals surface area contributed by atoms with Crippen molar-refractivity contribution in [3.63, 3.8) is 0 Å². The number of amides is 2. The van der Waals surface area contributed by atoms with Gasteiger partial charge in [-0.05, 0) is 39.1 Å². The van der Waals surface area contributed by atoms with E-state index in [0.717, 1.165) is 22.0 Å². The molecule has 134 valence electrons. The largest absolute Gasteiger partial charge is 0.335 e. The van der Waals surface area contributed by atoms with Crippen LogP contribution in [0.2, 0.25) is 0 Å². The van der Waals surface area contributed by atoms with Gasteiger partial charge in [0.15, 0.2) is 0 Å². The second-order valence-electron chi connectivity index (χ2n) is 6.99. The second kappa shape index (κ2) is 7.56. The molecule has 0 saturated heterocycles. The van der Waals surface area contributed by atoms with E-state index in [1.54, 1.807) is 4.90 Å². The predicted molar refractivity (Wildman–Crippen MR) is 108 cm³/mol. The molecule has 0 fully saturated rings. The number of hydrogen-bond donors (Lipinski definition) is 1. The number of hydrogen-bond acceptors (Lipinski definition) is 2. The van der Waals surface area contributed by atoms with E-state index in [1.165, 1.54) is 0 Å². The zero-order valence-electron chi connectivity index (χ0n) is 15.7. The highest BCUT2D eigenvalue weighted by Gasteiger charge is 2.23. The Balaban J connectivity index is 2.20. The number of fused-ring (bicyclic) bond motifs is 1. The summed E-state index contributed by atoms with van der Waals surface area (Å²) >= 11 is 0. The number of aromatic nitrogens is 1. The summed E-state index contributed by atoms with van der Waals surface area (Å²) in [7, 11) is 0. The van der Waals surface area contributed by atoms with Crippen molar-refractivity contribution in [2.24, 2.45) is 0 Å². The standard InChI is InChI=1S/C22H25N3O/c1-15(2)23-22(26)25(16(3)4)21-19-13-9-8-12-18(19)14-20(24-21)17-10-6-5-7-11-17/h5-16H,1-4H3,(H,23,26). The number of anilines is 1. The quantitative estimate of drug-likeness (QED) is 0.702. The Morgan fingerprint density at radius 1 is 0.962 bits per heavy atom. The highest BCUT2D eigenvalue weighted by molar-refractivity contribution is 6.03. The van der Waals surface area contributed by atoms with Crippen LogP contribution in [0.3, 0.4) is 0 Å². The molecular formula is C22H25N3O. The van der Waals surface area contributed by atoms with Gasteiger partial charge in [-0.2, -0.15) is 0 Å². The first-order valence-corrected chi connectivity index (χ1v) is 9.02. The minimum atomic E-state index is -0.127. The van der Waals surface area contributed by atoms with E-state index in [1.807, 2.05) is 76.2 Å². The third-order valence-corrected chi connectivity index (χ3v) is 4.17. The van der Waals surface area contributed by atoms with E-state index in [4.69, 9.17) is 4.98 Å². The number of nitrogens with zero attached hydrogens (tertiary/aromatic N) is 2. The van der Waals surface area contributed by atoms with Crippen molar-refractivity contribution in [2.75, 3.05) is 4.90 Å². The van der Waals surface area contributed by atoms with E-state index >= 15 is 0 Å². The lowest BCUT2D eigenvalue weighted by Gasteiger charge is -2.28. The van der Waals surface area contributed by atoms with Crippen molar-refractivity contribution in [1.82, 2.24) is 10.3 Å². The minimum Gasteiger partial charge on any atom is -0.335 e. The zero-order valence-corrected chi connectivity index (χ0v) is 15.7. The molecule has 1 aromatic heterocycles. The van der Waals surface area contributed by atoms with Crippen LogP contribution in [0.25, 0.3) is 22.0 Å². The lowest BCUT2D eigenvalue weighted by Crippen LogP contribution is -2.47. The maximum atomic E-state index is 12.9. The molecule has 2 aromatic carbocycles. The Labute approximate surface area is 154 Å². The molecule has 4 nitrogen and oxygen atoms in total. The minimum absolute atomic E-state index is 0.0179. The van der Waals surface area contributed by atoms with E-state index in [-0.39, 0.29) is 18.1 Å². The molecule has 0 spiro atoms. The van der Waals surface area contributed by atoms with Gasteiger partial charge in [0.05, 0.1) is 5.69 Å². The Kier molecular flexibility index (Phi) is 5.21. The number of nitrogens with one attached hydrogen (secondary N) is 1. The van der Waals surface area contributed by atoms with Gasteiger partial charge in [0.25, 0.3) is 0 Å². The van der Waals surface area contributed by atoms with Gasteiger partial charge in [0, 0.05) is 23.0 Å². The lowest BCUT2D eigenvalue weighted by atomic mass is 10.1. The molecule has 0 aliphatic carbocycles. The molecule has 3 rings (SSSR count). The van der Waals surface area contributed by atoms with Gasteiger partial charge in [-0.1, -0.05) is 54.6 Å². The van der Waals surface area contributed by atoms with Crippen LogP contribution in [0, 0.1) is 0 Å². The van der Waals surface area contributed by atoms with Crippen molar-refractivity contribution in [3.8, 4) is 11.3 Å². The molecule has 0 bridgehead atoms. The summed E-state index contributed by atoms with van der Waals surface area (Å²) in [5.74, 6) is 0.690. The van der Waals surface area contributed by atoms with Crippen molar-refractivity contribution in [3.05, 3.63) is 60.7 Å². The predicted octanol–water partition coefficient (Wildman–Crippen LogP) is 5.23. The van der Waals surface area contributed by atoms with Crippen LogP contribution >= 0.6 is 0 Å². The summed E-state index contributed by atoms with van der Waals surface area (Å²) in [6.45, 7) is 7.93. The lowest BCUT2D eigenvalue weighted by molar-refractivity contribution is 0.242. The molecule has 2 amide bonds. The molecule has 0 atom stereocenters. The van der Waals surface area contributed by atoms with E-state index in [9.17, 15) is 4.79 Å². The Morgan fingerprint density at radius 2 is 1.62 bits per heavy atom. The molecule has 0 aliphatic heterocycles. The van der Waals surface area contributed by atoms with Gasteiger partial charge in [-0.15, -0.1) is 0 Å². The highest BCUT2D eigenvalue weighted by atomic mass is 16.2. The Morgan fingerprint density at radius 3 is 2.27 bits per heavy atom. The normalized spacial score (nSPS) is 11.2. The van der Waals surface area contributed by atoms with Crippen molar-refractivity contribution in [1.29, 1.82) is 0 Å². The Hall–Kier alpha value is -2.88. The van der Waals surface area contributed by atoms with Gasteiger partial charge in [0.1, 0.15) is 5.82 Å². The first-order valence-electron chi connectivity index (χ1n) is 9.02. The monoisotopic (exact) mass is 347 g/mol. The summed E-state index contributed by atoms with van der Waals surface area (Å²) < 4.78 is 0. The average Bonchev–Trinajstić information content (AvgIpc) is 2.61. The number of carbonyl (C=O) groups is 1. The molecule has 3 aromatic rings. The molecule has 0 aliphatic rings. The first-order chi connectivity index (χ1) is 12.5. The van der Waals surface area contributed by atoms with Gasteiger partial charge >= 0.3 is 6.03 Å². The molecular weight excluding hydrogens is 322 g/mol. The fraction of sp³-hybridized carbons (Fsp3) is 0.273. The van der Waals surface area contributed by atoms with Crippen molar-refractivity contribution >= 4 is 22.6 Å². The van der Waals surface area contributed by atoms with Gasteiger partial charge < -0.3 is 5.32 Å². The number of pyridine rings is 1. The average molecular weight is 347 g/mol. The molecule has 4 heteroatoms. The molecule has 26 heavy (non-hydrogen) atoms. The third-order valence-electron chi connectivity index (χ3n) is 4.17. The Bertz CT molecular complexity index is 904. The summed E-state index contributed by atoms with van der Waals surface area (Å²) in [5.41, 5.74) is 1.90. The van der Waals surface area contributed by atoms with Crippen LogP contribution in [0.15, 0.2) is 60.7 Å². The van der Waals surface area contributed by atoms with E-state index in [2.05, 4.69) is 17.4 Å². The molecule has 0 saturated carbocycles. The number of carbonyl (C=O) groups excluding carboxylic acids is 1. The molecule has 0 unspecified atom stereocenters. The van der Waals surface area contributed by atoms with Crippen LogP contribution in [0.1, 0.15) is 27.7 Å². The number of benzene rings is 2. The summed E-state index contributed by atoms with van der Waals surface area (Å²) in [6, 6.07) is 20.1. The summed E-state index contributed by atoms with van der Waals surface area (Å²) in [4.78, 5) is 19.5. The SMILES string of the molecule is CC(C)NC(=O)N(c1nc(-c2ccccc2)cc2ccccc12)C(C)C. The molecule has 0 radical (unpaired) electrons. The van der Waals surface area contributed by atoms with E-state index in [0.29, 0.717) is 5.82 Å². The van der Waals surface area contributed by atoms with Crippen LogP contribution < -0.4 is 10.2 Å². The van der Waals surface area contributed by atoms with Crippen molar-refractivity contribution in [2.45, 2.75) is 39.8 Å². The van der Waals surface area contributed by atoms with Gasteiger partial charge in [0.2, 0.25) is 0 Å². The van der Waals surface area contributed by atoms with E-state index < -0.39 is 0 Å². The maximum Gasteiger partial charge on any atom is 0.323 e. The fourth-order valence-electron chi connectivity index (χ4n) is 3.01. The molecule has 1 N–H and O–H groups in total. The summed E-state index contributed by atoms with van der Waals surface area (Å²) in [5, 5.41) is 5.03. The van der Waals surface area contributed by atoms with Crippen LogP contribution in [-0.2, 0) is 0 Å². The van der Waals surface area contributed by atoms with Crippen LogP contribution in [0.4, 0.5) is 10.6 Å². The summed E-state index contributed by atoms with van der Waals surface area (Å²) in [6.07, 6.45) is 0. The zero-order chi connectivity index (χ0) is 18.7. The fourth-order valence-corrected chi connectivity index (χ4v) is 3.01. The van der Waals surface area contributed by atoms with Gasteiger partial charge in [-0.3, -0.25) is 4.90 Å². The maximum absolute atomic E-state index is 12.9. The molecule has 1 heterocycles. The topological polar surface area (TPSA) is 45.2 Å². The van der Waals surface area contributed by atoms with Crippen molar-refractivity contribution < 1.29 is 4.79 Å². The van der Waals surface area contributed by atoms with Gasteiger partial charge in [-0.25, -0.2) is 9.78 Å².